The maximum absolute atomic E-state index is 5.81. The molecule has 1 atom stereocenters. The van der Waals surface area contributed by atoms with E-state index in [0.717, 1.165) is 23.4 Å². The van der Waals surface area contributed by atoms with Crippen molar-refractivity contribution in [2.75, 3.05) is 0 Å². The largest absolute Gasteiger partial charge is 0.441 e. The lowest BCUT2D eigenvalue weighted by atomic mass is 10.1. The molecule has 0 amide bonds. The SMILES string of the molecule is BrC(Cc1nc2ccccc2o1)c1csc2ccccc12. The average Bonchev–Trinajstić information content (AvgIpc) is 3.10. The number of hydrogen-bond donors (Lipinski definition) is 0. The molecule has 4 rings (SSSR count). The molecule has 0 spiro atoms. The van der Waals surface area contributed by atoms with E-state index in [1.165, 1.54) is 15.6 Å². The Morgan fingerprint density at radius 3 is 2.81 bits per heavy atom. The van der Waals surface area contributed by atoms with Crippen LogP contribution in [-0.4, -0.2) is 4.98 Å². The Labute approximate surface area is 134 Å². The lowest BCUT2D eigenvalue weighted by Gasteiger charge is -2.06. The van der Waals surface area contributed by atoms with Crippen LogP contribution in [-0.2, 0) is 6.42 Å². The van der Waals surface area contributed by atoms with E-state index in [2.05, 4.69) is 50.6 Å². The number of nitrogens with zero attached hydrogens (tertiary/aromatic N) is 1. The number of thiophene rings is 1. The molecule has 4 aromatic rings. The molecule has 0 saturated carbocycles. The highest BCUT2D eigenvalue weighted by Crippen LogP contribution is 2.36. The fraction of sp³-hybridized carbons (Fsp3) is 0.118. The van der Waals surface area contributed by atoms with E-state index in [1.54, 1.807) is 11.3 Å². The number of benzene rings is 2. The van der Waals surface area contributed by atoms with Crippen molar-refractivity contribution >= 4 is 48.5 Å². The monoisotopic (exact) mass is 357 g/mol. The van der Waals surface area contributed by atoms with Crippen molar-refractivity contribution in [1.29, 1.82) is 0 Å². The Hall–Kier alpha value is -1.65. The maximum atomic E-state index is 5.81. The molecule has 0 aliphatic carbocycles. The molecule has 0 radical (unpaired) electrons. The second-order valence-electron chi connectivity index (χ2n) is 4.93. The Morgan fingerprint density at radius 2 is 1.90 bits per heavy atom. The second-order valence-corrected chi connectivity index (χ2v) is 6.95. The smallest absolute Gasteiger partial charge is 0.196 e. The average molecular weight is 358 g/mol. The maximum Gasteiger partial charge on any atom is 0.196 e. The molecule has 0 fully saturated rings. The van der Waals surface area contributed by atoms with Crippen LogP contribution in [0.3, 0.4) is 0 Å². The molecule has 0 aliphatic heterocycles. The molecule has 0 bridgehead atoms. The van der Waals surface area contributed by atoms with Crippen LogP contribution in [0.2, 0.25) is 0 Å². The third-order valence-electron chi connectivity index (χ3n) is 3.54. The van der Waals surface area contributed by atoms with Crippen molar-refractivity contribution in [2.45, 2.75) is 11.2 Å². The Kier molecular flexibility index (Phi) is 3.28. The number of fused-ring (bicyclic) bond motifs is 2. The lowest BCUT2D eigenvalue weighted by Crippen LogP contribution is -1.94. The summed E-state index contributed by atoms with van der Waals surface area (Å²) in [5, 5.41) is 3.52. The third-order valence-corrected chi connectivity index (χ3v) is 5.34. The lowest BCUT2D eigenvalue weighted by molar-refractivity contribution is 0.528. The van der Waals surface area contributed by atoms with E-state index in [-0.39, 0.29) is 4.83 Å². The summed E-state index contributed by atoms with van der Waals surface area (Å²) in [6.45, 7) is 0. The van der Waals surface area contributed by atoms with Crippen LogP contribution in [0, 0.1) is 0 Å². The molecule has 2 aromatic heterocycles. The van der Waals surface area contributed by atoms with Gasteiger partial charge in [0.2, 0.25) is 0 Å². The standard InChI is InChI=1S/C17H12BrNOS/c18-13(12-10-21-16-8-4-1-5-11(12)16)9-17-19-14-6-2-3-7-15(14)20-17/h1-8,10,13H,9H2. The molecule has 104 valence electrons. The summed E-state index contributed by atoms with van der Waals surface area (Å²) in [5.41, 5.74) is 3.07. The van der Waals surface area contributed by atoms with Gasteiger partial charge in [-0.3, -0.25) is 0 Å². The van der Waals surface area contributed by atoms with Gasteiger partial charge in [-0.1, -0.05) is 46.3 Å². The van der Waals surface area contributed by atoms with Gasteiger partial charge in [-0.05, 0) is 34.5 Å². The molecule has 0 aliphatic rings. The van der Waals surface area contributed by atoms with Crippen LogP contribution in [0.25, 0.3) is 21.2 Å². The van der Waals surface area contributed by atoms with Gasteiger partial charge in [-0.15, -0.1) is 11.3 Å². The number of para-hydroxylation sites is 2. The van der Waals surface area contributed by atoms with Crippen molar-refractivity contribution in [1.82, 2.24) is 4.98 Å². The number of hydrogen-bond acceptors (Lipinski definition) is 3. The van der Waals surface area contributed by atoms with Gasteiger partial charge < -0.3 is 4.42 Å². The van der Waals surface area contributed by atoms with Crippen LogP contribution in [0.1, 0.15) is 16.3 Å². The zero-order valence-corrected chi connectivity index (χ0v) is 13.5. The van der Waals surface area contributed by atoms with Gasteiger partial charge in [0.15, 0.2) is 11.5 Å². The van der Waals surface area contributed by atoms with Crippen LogP contribution >= 0.6 is 27.3 Å². The summed E-state index contributed by atoms with van der Waals surface area (Å²) in [6, 6.07) is 16.4. The fourth-order valence-corrected chi connectivity index (χ4v) is 4.36. The molecule has 21 heavy (non-hydrogen) atoms. The normalized spacial score (nSPS) is 13.0. The van der Waals surface area contributed by atoms with Crippen molar-refractivity contribution in [3.63, 3.8) is 0 Å². The van der Waals surface area contributed by atoms with Crippen LogP contribution in [0.4, 0.5) is 0 Å². The van der Waals surface area contributed by atoms with Crippen molar-refractivity contribution in [3.05, 3.63) is 65.4 Å². The number of halogens is 1. The summed E-state index contributed by atoms with van der Waals surface area (Å²) < 4.78 is 7.13. The first-order chi connectivity index (χ1) is 10.3. The highest BCUT2D eigenvalue weighted by molar-refractivity contribution is 9.09. The minimum atomic E-state index is 0.210. The van der Waals surface area contributed by atoms with Crippen LogP contribution in [0.15, 0.2) is 58.3 Å². The zero-order valence-electron chi connectivity index (χ0n) is 11.1. The first-order valence-electron chi connectivity index (χ1n) is 6.76. The van der Waals surface area contributed by atoms with Crippen LogP contribution < -0.4 is 0 Å². The van der Waals surface area contributed by atoms with Gasteiger partial charge in [-0.2, -0.15) is 0 Å². The Bertz CT molecular complexity index is 878. The van der Waals surface area contributed by atoms with E-state index in [0.29, 0.717) is 0 Å². The molecule has 0 saturated heterocycles. The van der Waals surface area contributed by atoms with Gasteiger partial charge in [0.25, 0.3) is 0 Å². The fourth-order valence-electron chi connectivity index (χ4n) is 2.51. The number of alkyl halides is 1. The molecule has 2 aromatic carbocycles. The number of oxazole rings is 1. The van der Waals surface area contributed by atoms with Crippen molar-refractivity contribution in [2.24, 2.45) is 0 Å². The summed E-state index contributed by atoms with van der Waals surface area (Å²) in [7, 11) is 0. The summed E-state index contributed by atoms with van der Waals surface area (Å²) in [5.74, 6) is 0.772. The van der Waals surface area contributed by atoms with Gasteiger partial charge >= 0.3 is 0 Å². The molecular formula is C17H12BrNOS. The van der Waals surface area contributed by atoms with E-state index in [1.807, 2.05) is 24.3 Å². The van der Waals surface area contributed by atoms with Crippen molar-refractivity contribution < 1.29 is 4.42 Å². The first kappa shape index (κ1) is 13.0. The zero-order chi connectivity index (χ0) is 14.2. The van der Waals surface area contributed by atoms with Gasteiger partial charge in [0.05, 0.1) is 0 Å². The number of aromatic nitrogens is 1. The van der Waals surface area contributed by atoms with E-state index >= 15 is 0 Å². The molecule has 2 heterocycles. The van der Waals surface area contributed by atoms with Gasteiger partial charge in [-0.25, -0.2) is 4.98 Å². The van der Waals surface area contributed by atoms with E-state index < -0.39 is 0 Å². The van der Waals surface area contributed by atoms with Gasteiger partial charge in [0.1, 0.15) is 5.52 Å². The Morgan fingerprint density at radius 1 is 1.10 bits per heavy atom. The summed E-state index contributed by atoms with van der Waals surface area (Å²) in [6.07, 6.45) is 0.745. The summed E-state index contributed by atoms with van der Waals surface area (Å²) in [4.78, 5) is 4.76. The minimum Gasteiger partial charge on any atom is -0.441 e. The number of rotatable bonds is 3. The van der Waals surface area contributed by atoms with Gasteiger partial charge in [0, 0.05) is 15.9 Å². The second kappa shape index (κ2) is 5.28. The minimum absolute atomic E-state index is 0.210. The predicted molar refractivity (Wildman–Crippen MR) is 91.2 cm³/mol. The van der Waals surface area contributed by atoms with Crippen LogP contribution in [0.5, 0.6) is 0 Å². The molecule has 2 nitrogen and oxygen atoms in total. The molecule has 4 heteroatoms. The van der Waals surface area contributed by atoms with E-state index in [9.17, 15) is 0 Å². The highest BCUT2D eigenvalue weighted by atomic mass is 79.9. The highest BCUT2D eigenvalue weighted by Gasteiger charge is 2.16. The predicted octanol–water partition coefficient (Wildman–Crippen LogP) is 5.72. The van der Waals surface area contributed by atoms with E-state index in [4.69, 9.17) is 4.42 Å². The molecule has 0 N–H and O–H groups in total. The Balaban J connectivity index is 1.67. The first-order valence-corrected chi connectivity index (χ1v) is 8.55. The topological polar surface area (TPSA) is 26.0 Å². The van der Waals surface area contributed by atoms with Crippen molar-refractivity contribution in [3.8, 4) is 0 Å². The molecule has 1 unspecified atom stereocenters. The molecular weight excluding hydrogens is 346 g/mol. The quantitative estimate of drug-likeness (QED) is 0.438. The summed E-state index contributed by atoms with van der Waals surface area (Å²) >= 11 is 5.56. The third kappa shape index (κ3) is 2.39.